The first-order valence-corrected chi connectivity index (χ1v) is 5.57. The Balaban J connectivity index is 1.98. The smallest absolute Gasteiger partial charge is 0.0912 e. The van der Waals surface area contributed by atoms with Crippen molar-refractivity contribution in [3.05, 3.63) is 28.7 Å². The SMILES string of the molecule is CN(/C=N\c1ccc(Br)cc1)C1CC1. The summed E-state index contributed by atoms with van der Waals surface area (Å²) in [6.45, 7) is 0. The minimum Gasteiger partial charge on any atom is -0.363 e. The quantitative estimate of drug-likeness (QED) is 0.596. The first-order valence-electron chi connectivity index (χ1n) is 4.77. The molecule has 0 radical (unpaired) electrons. The van der Waals surface area contributed by atoms with Crippen LogP contribution in [0, 0.1) is 0 Å². The molecule has 0 unspecified atom stereocenters. The number of halogens is 1. The lowest BCUT2D eigenvalue weighted by Gasteiger charge is -2.10. The van der Waals surface area contributed by atoms with Crippen molar-refractivity contribution in [2.75, 3.05) is 7.05 Å². The van der Waals surface area contributed by atoms with Gasteiger partial charge in [0.2, 0.25) is 0 Å². The number of benzene rings is 1. The van der Waals surface area contributed by atoms with Gasteiger partial charge in [-0.15, -0.1) is 0 Å². The third-order valence-corrected chi connectivity index (χ3v) is 2.87. The van der Waals surface area contributed by atoms with E-state index in [4.69, 9.17) is 0 Å². The second kappa shape index (κ2) is 4.13. The molecule has 1 aromatic carbocycles. The van der Waals surface area contributed by atoms with Crippen molar-refractivity contribution in [2.45, 2.75) is 18.9 Å². The van der Waals surface area contributed by atoms with Crippen molar-refractivity contribution >= 4 is 28.0 Å². The molecule has 74 valence electrons. The minimum absolute atomic E-state index is 0.731. The van der Waals surface area contributed by atoms with Crippen LogP contribution in [-0.2, 0) is 0 Å². The largest absolute Gasteiger partial charge is 0.363 e. The van der Waals surface area contributed by atoms with Crippen molar-refractivity contribution in [1.82, 2.24) is 4.90 Å². The highest BCUT2D eigenvalue weighted by Gasteiger charge is 2.24. The van der Waals surface area contributed by atoms with Crippen LogP contribution >= 0.6 is 15.9 Å². The van der Waals surface area contributed by atoms with E-state index in [2.05, 4.69) is 32.9 Å². The third-order valence-electron chi connectivity index (χ3n) is 2.34. The molecule has 1 fully saturated rings. The number of hydrogen-bond donors (Lipinski definition) is 0. The highest BCUT2D eigenvalue weighted by atomic mass is 79.9. The van der Waals surface area contributed by atoms with Crippen LogP contribution < -0.4 is 0 Å². The Morgan fingerprint density at radius 3 is 2.57 bits per heavy atom. The van der Waals surface area contributed by atoms with Crippen LogP contribution in [0.3, 0.4) is 0 Å². The molecule has 0 saturated heterocycles. The molecule has 1 aromatic rings. The average Bonchev–Trinajstić information content (AvgIpc) is 3.00. The highest BCUT2D eigenvalue weighted by Crippen LogP contribution is 2.24. The van der Waals surface area contributed by atoms with Gasteiger partial charge in [0.15, 0.2) is 0 Å². The van der Waals surface area contributed by atoms with Crippen LogP contribution in [0.5, 0.6) is 0 Å². The second-order valence-electron chi connectivity index (χ2n) is 3.62. The first kappa shape index (κ1) is 9.71. The summed E-state index contributed by atoms with van der Waals surface area (Å²) in [4.78, 5) is 6.57. The zero-order valence-corrected chi connectivity index (χ0v) is 9.74. The molecule has 0 N–H and O–H groups in total. The fourth-order valence-electron chi connectivity index (χ4n) is 1.26. The van der Waals surface area contributed by atoms with Crippen LogP contribution in [0.15, 0.2) is 33.7 Å². The predicted octanol–water partition coefficient (Wildman–Crippen LogP) is 3.20. The lowest BCUT2D eigenvalue weighted by molar-refractivity contribution is 0.511. The van der Waals surface area contributed by atoms with E-state index >= 15 is 0 Å². The molecular formula is C11H13BrN2. The molecule has 0 heterocycles. The summed E-state index contributed by atoms with van der Waals surface area (Å²) in [5.41, 5.74) is 1.00. The van der Waals surface area contributed by atoms with Gasteiger partial charge in [-0.25, -0.2) is 4.99 Å². The number of hydrogen-bond acceptors (Lipinski definition) is 1. The molecule has 0 atom stereocenters. The second-order valence-corrected chi connectivity index (χ2v) is 4.53. The van der Waals surface area contributed by atoms with Crippen LogP contribution in [0.1, 0.15) is 12.8 Å². The molecule has 0 aromatic heterocycles. The number of nitrogens with zero attached hydrogens (tertiary/aromatic N) is 2. The van der Waals surface area contributed by atoms with Gasteiger partial charge in [0.1, 0.15) is 0 Å². The van der Waals surface area contributed by atoms with Gasteiger partial charge in [-0.2, -0.15) is 0 Å². The minimum atomic E-state index is 0.731. The van der Waals surface area contributed by atoms with E-state index in [9.17, 15) is 0 Å². The van der Waals surface area contributed by atoms with Crippen molar-refractivity contribution in [2.24, 2.45) is 4.99 Å². The molecule has 0 spiro atoms. The van der Waals surface area contributed by atoms with Crippen molar-refractivity contribution in [3.8, 4) is 0 Å². The van der Waals surface area contributed by atoms with Gasteiger partial charge in [-0.3, -0.25) is 0 Å². The van der Waals surface area contributed by atoms with E-state index in [0.29, 0.717) is 0 Å². The molecule has 1 saturated carbocycles. The normalized spacial score (nSPS) is 16.1. The maximum atomic E-state index is 4.39. The lowest BCUT2D eigenvalue weighted by Crippen LogP contribution is -2.17. The molecule has 0 aliphatic heterocycles. The fraction of sp³-hybridized carbons (Fsp3) is 0.364. The summed E-state index contributed by atoms with van der Waals surface area (Å²) < 4.78 is 1.09. The standard InChI is InChI=1S/C11H13BrN2/c1-14(11-6-7-11)8-13-10-4-2-9(12)3-5-10/h2-5,8,11H,6-7H2,1H3/b13-8-. The van der Waals surface area contributed by atoms with Gasteiger partial charge in [0.25, 0.3) is 0 Å². The van der Waals surface area contributed by atoms with E-state index in [0.717, 1.165) is 16.2 Å². The zero-order valence-electron chi connectivity index (χ0n) is 8.15. The lowest BCUT2D eigenvalue weighted by atomic mass is 10.3. The monoisotopic (exact) mass is 252 g/mol. The fourth-order valence-corrected chi connectivity index (χ4v) is 1.53. The average molecular weight is 253 g/mol. The molecule has 3 heteroatoms. The van der Waals surface area contributed by atoms with Gasteiger partial charge in [-0.05, 0) is 37.1 Å². The maximum Gasteiger partial charge on any atom is 0.0912 e. The molecular weight excluding hydrogens is 240 g/mol. The van der Waals surface area contributed by atoms with Crippen LogP contribution in [0.2, 0.25) is 0 Å². The Bertz CT molecular complexity index is 328. The summed E-state index contributed by atoms with van der Waals surface area (Å²) in [5, 5.41) is 0. The first-order chi connectivity index (χ1) is 6.75. The van der Waals surface area contributed by atoms with Gasteiger partial charge in [0, 0.05) is 17.6 Å². The summed E-state index contributed by atoms with van der Waals surface area (Å²) >= 11 is 3.40. The van der Waals surface area contributed by atoms with Crippen molar-refractivity contribution in [3.63, 3.8) is 0 Å². The van der Waals surface area contributed by atoms with E-state index in [1.54, 1.807) is 0 Å². The summed E-state index contributed by atoms with van der Waals surface area (Å²) in [5.74, 6) is 0. The molecule has 2 rings (SSSR count). The van der Waals surface area contributed by atoms with E-state index in [1.165, 1.54) is 12.8 Å². The van der Waals surface area contributed by atoms with E-state index in [-0.39, 0.29) is 0 Å². The Morgan fingerprint density at radius 1 is 1.36 bits per heavy atom. The maximum absolute atomic E-state index is 4.39. The van der Waals surface area contributed by atoms with Gasteiger partial charge in [-0.1, -0.05) is 15.9 Å². The number of aliphatic imine (C=N–C) groups is 1. The summed E-state index contributed by atoms with van der Waals surface area (Å²) in [7, 11) is 2.08. The number of rotatable bonds is 3. The molecule has 1 aliphatic carbocycles. The van der Waals surface area contributed by atoms with E-state index < -0.39 is 0 Å². The Morgan fingerprint density at radius 2 is 2.00 bits per heavy atom. The molecule has 2 nitrogen and oxygen atoms in total. The van der Waals surface area contributed by atoms with Gasteiger partial charge < -0.3 is 4.90 Å². The van der Waals surface area contributed by atoms with Crippen LogP contribution in [-0.4, -0.2) is 24.3 Å². The van der Waals surface area contributed by atoms with Crippen LogP contribution in [0.25, 0.3) is 0 Å². The molecule has 14 heavy (non-hydrogen) atoms. The van der Waals surface area contributed by atoms with E-state index in [1.807, 2.05) is 30.6 Å². The van der Waals surface area contributed by atoms with Crippen LogP contribution in [0.4, 0.5) is 5.69 Å². The molecule has 0 amide bonds. The molecule has 0 bridgehead atoms. The predicted molar refractivity (Wildman–Crippen MR) is 63.1 cm³/mol. The Hall–Kier alpha value is -0.830. The van der Waals surface area contributed by atoms with Crippen molar-refractivity contribution < 1.29 is 0 Å². The summed E-state index contributed by atoms with van der Waals surface area (Å²) in [6, 6.07) is 8.74. The summed E-state index contributed by atoms with van der Waals surface area (Å²) in [6.07, 6.45) is 4.53. The van der Waals surface area contributed by atoms with Crippen molar-refractivity contribution in [1.29, 1.82) is 0 Å². The third kappa shape index (κ3) is 2.58. The Labute approximate surface area is 92.8 Å². The highest BCUT2D eigenvalue weighted by molar-refractivity contribution is 9.10. The topological polar surface area (TPSA) is 15.6 Å². The van der Waals surface area contributed by atoms with Gasteiger partial charge >= 0.3 is 0 Å². The van der Waals surface area contributed by atoms with Gasteiger partial charge in [0.05, 0.1) is 12.0 Å². The zero-order chi connectivity index (χ0) is 9.97. The molecule has 1 aliphatic rings. The Kier molecular flexibility index (Phi) is 2.87.